The molecule has 0 aromatic carbocycles. The summed E-state index contributed by atoms with van der Waals surface area (Å²) in [6.45, 7) is 5.78. The van der Waals surface area contributed by atoms with Gasteiger partial charge in [0.25, 0.3) is 0 Å². The van der Waals surface area contributed by atoms with Crippen LogP contribution >= 0.6 is 0 Å². The first kappa shape index (κ1) is 11.2. The number of rotatable bonds is 6. The van der Waals surface area contributed by atoms with E-state index in [4.69, 9.17) is 0 Å². The fourth-order valence-corrected chi connectivity index (χ4v) is 0.866. The van der Waals surface area contributed by atoms with Gasteiger partial charge in [-0.05, 0) is 32.6 Å². The van der Waals surface area contributed by atoms with Gasteiger partial charge in [0.05, 0.1) is 0 Å². The van der Waals surface area contributed by atoms with Crippen LogP contribution in [-0.4, -0.2) is 0 Å². The van der Waals surface area contributed by atoms with Crippen LogP contribution in [0.4, 0.5) is 0 Å². The first-order chi connectivity index (χ1) is 5.91. The van der Waals surface area contributed by atoms with Crippen molar-refractivity contribution in [3.63, 3.8) is 0 Å². The highest BCUT2D eigenvalue weighted by molar-refractivity contribution is 4.94. The molecule has 0 bridgehead atoms. The summed E-state index contributed by atoms with van der Waals surface area (Å²) in [5.41, 5.74) is 0. The van der Waals surface area contributed by atoms with Crippen molar-refractivity contribution in [1.82, 2.24) is 0 Å². The predicted octanol–water partition coefficient (Wildman–Crippen LogP) is 4.07. The van der Waals surface area contributed by atoms with Crippen LogP contribution in [0.15, 0.2) is 36.5 Å². The average Bonchev–Trinajstić information content (AvgIpc) is 2.10. The van der Waals surface area contributed by atoms with Crippen molar-refractivity contribution < 1.29 is 0 Å². The Hall–Kier alpha value is -0.780. The van der Waals surface area contributed by atoms with Crippen molar-refractivity contribution in [3.8, 4) is 0 Å². The Labute approximate surface area is 76.7 Å². The van der Waals surface area contributed by atoms with Crippen molar-refractivity contribution in [3.05, 3.63) is 43.4 Å². The highest BCUT2D eigenvalue weighted by Crippen LogP contribution is 1.95. The van der Waals surface area contributed by atoms with Crippen LogP contribution in [0.5, 0.6) is 0 Å². The molecule has 67 valence electrons. The maximum absolute atomic E-state index is 3.63. The highest BCUT2D eigenvalue weighted by Gasteiger charge is 1.74. The minimum Gasteiger partial charge on any atom is -0.0885 e. The lowest BCUT2D eigenvalue weighted by molar-refractivity contribution is 1.04. The van der Waals surface area contributed by atoms with Crippen molar-refractivity contribution in [1.29, 1.82) is 0 Å². The van der Waals surface area contributed by atoms with Crippen LogP contribution < -0.4 is 0 Å². The van der Waals surface area contributed by atoms with E-state index < -0.39 is 0 Å². The van der Waals surface area contributed by atoms with Crippen molar-refractivity contribution in [2.75, 3.05) is 0 Å². The molecule has 0 unspecified atom stereocenters. The molecular formula is C12H19. The molecule has 0 aliphatic rings. The first-order valence-corrected chi connectivity index (χ1v) is 4.66. The van der Waals surface area contributed by atoms with Gasteiger partial charge in [-0.15, -0.1) is 0 Å². The van der Waals surface area contributed by atoms with E-state index in [0.717, 1.165) is 25.7 Å². The molecule has 0 nitrogen and oxygen atoms in total. The minimum atomic E-state index is 1.07. The SMILES string of the molecule is [CH2]/C=C/CC/C=C/C/C=C/CC. The van der Waals surface area contributed by atoms with Gasteiger partial charge in [0.2, 0.25) is 0 Å². The Bertz CT molecular complexity index is 149. The third-order valence-corrected chi connectivity index (χ3v) is 1.51. The fraction of sp³-hybridized carbons (Fsp3) is 0.417. The van der Waals surface area contributed by atoms with Gasteiger partial charge in [0.15, 0.2) is 0 Å². The molecule has 0 amide bonds. The number of hydrogen-bond acceptors (Lipinski definition) is 0. The van der Waals surface area contributed by atoms with E-state index in [1.54, 1.807) is 0 Å². The van der Waals surface area contributed by atoms with Crippen molar-refractivity contribution in [2.45, 2.75) is 32.6 Å². The van der Waals surface area contributed by atoms with E-state index in [2.05, 4.69) is 44.2 Å². The maximum Gasteiger partial charge on any atom is -0.0169 e. The molecule has 1 radical (unpaired) electrons. The van der Waals surface area contributed by atoms with Gasteiger partial charge < -0.3 is 0 Å². The second-order valence-corrected chi connectivity index (χ2v) is 2.64. The summed E-state index contributed by atoms with van der Waals surface area (Å²) in [6.07, 6.45) is 17.2. The monoisotopic (exact) mass is 163 g/mol. The third-order valence-electron chi connectivity index (χ3n) is 1.51. The average molecular weight is 163 g/mol. The normalized spacial score (nSPS) is 12.5. The Morgan fingerprint density at radius 1 is 0.917 bits per heavy atom. The number of hydrogen-bond donors (Lipinski definition) is 0. The summed E-state index contributed by atoms with van der Waals surface area (Å²) in [6, 6.07) is 0. The van der Waals surface area contributed by atoms with Gasteiger partial charge in [0, 0.05) is 0 Å². The van der Waals surface area contributed by atoms with Crippen LogP contribution in [0.2, 0.25) is 0 Å². The summed E-state index contributed by atoms with van der Waals surface area (Å²) in [5, 5.41) is 0. The molecule has 0 spiro atoms. The molecule has 0 saturated carbocycles. The van der Waals surface area contributed by atoms with Crippen LogP contribution in [0.1, 0.15) is 32.6 Å². The highest BCUT2D eigenvalue weighted by atomic mass is 13.8. The molecule has 0 atom stereocenters. The lowest BCUT2D eigenvalue weighted by atomic mass is 10.2. The van der Waals surface area contributed by atoms with Gasteiger partial charge >= 0.3 is 0 Å². The molecule has 0 fully saturated rings. The number of unbranched alkanes of at least 4 members (excludes halogenated alkanes) is 1. The molecule has 0 heteroatoms. The fourth-order valence-electron chi connectivity index (χ4n) is 0.866. The molecule has 0 aromatic heterocycles. The maximum atomic E-state index is 3.63. The Morgan fingerprint density at radius 3 is 2.25 bits per heavy atom. The van der Waals surface area contributed by atoms with Gasteiger partial charge in [-0.3, -0.25) is 0 Å². The number of allylic oxidation sites excluding steroid dienone is 6. The molecule has 12 heavy (non-hydrogen) atoms. The standard InChI is InChI=1S/C12H19/c1-3-5-7-9-11-12-10-8-6-4-2/h3,5-6,8,11-12H,1,4,7,9-10H2,2H3/b5-3+,8-6+,12-11+. The Morgan fingerprint density at radius 2 is 1.58 bits per heavy atom. The quantitative estimate of drug-likeness (QED) is 0.409. The minimum absolute atomic E-state index is 1.07. The molecule has 0 rings (SSSR count). The summed E-state index contributed by atoms with van der Waals surface area (Å²) in [4.78, 5) is 0. The van der Waals surface area contributed by atoms with E-state index in [0.29, 0.717) is 0 Å². The van der Waals surface area contributed by atoms with E-state index in [1.165, 1.54) is 0 Å². The van der Waals surface area contributed by atoms with Crippen LogP contribution in [0.25, 0.3) is 0 Å². The van der Waals surface area contributed by atoms with Crippen LogP contribution in [-0.2, 0) is 0 Å². The van der Waals surface area contributed by atoms with Crippen LogP contribution in [0.3, 0.4) is 0 Å². The smallest absolute Gasteiger partial charge is 0.0169 e. The zero-order chi connectivity index (χ0) is 9.07. The lowest BCUT2D eigenvalue weighted by Gasteiger charge is -1.85. The molecule has 0 aromatic rings. The van der Waals surface area contributed by atoms with E-state index in [9.17, 15) is 0 Å². The molecule has 0 aliphatic heterocycles. The summed E-state index contributed by atoms with van der Waals surface area (Å²) in [5.74, 6) is 0. The summed E-state index contributed by atoms with van der Waals surface area (Å²) in [7, 11) is 0. The van der Waals surface area contributed by atoms with Gasteiger partial charge in [-0.1, -0.05) is 43.4 Å². The van der Waals surface area contributed by atoms with E-state index in [1.807, 2.05) is 6.08 Å². The Balaban J connectivity index is 3.19. The molecule has 0 aliphatic carbocycles. The first-order valence-electron chi connectivity index (χ1n) is 4.66. The second kappa shape index (κ2) is 10.2. The summed E-state index contributed by atoms with van der Waals surface area (Å²) < 4.78 is 0. The van der Waals surface area contributed by atoms with Gasteiger partial charge in [-0.25, -0.2) is 0 Å². The van der Waals surface area contributed by atoms with Gasteiger partial charge in [0.1, 0.15) is 0 Å². The zero-order valence-electron chi connectivity index (χ0n) is 8.00. The molecule has 0 N–H and O–H groups in total. The topological polar surface area (TPSA) is 0 Å². The lowest BCUT2D eigenvalue weighted by Crippen LogP contribution is -1.64. The summed E-state index contributed by atoms with van der Waals surface area (Å²) >= 11 is 0. The second-order valence-electron chi connectivity index (χ2n) is 2.64. The third kappa shape index (κ3) is 9.22. The molecule has 0 saturated heterocycles. The zero-order valence-corrected chi connectivity index (χ0v) is 8.00. The molecular weight excluding hydrogens is 144 g/mol. The predicted molar refractivity (Wildman–Crippen MR) is 56.9 cm³/mol. The van der Waals surface area contributed by atoms with E-state index >= 15 is 0 Å². The largest absolute Gasteiger partial charge is 0.0885 e. The van der Waals surface area contributed by atoms with Gasteiger partial charge in [-0.2, -0.15) is 0 Å². The molecule has 0 heterocycles. The Kier molecular flexibility index (Phi) is 9.56. The van der Waals surface area contributed by atoms with Crippen LogP contribution in [0, 0.1) is 6.92 Å². The van der Waals surface area contributed by atoms with Crippen molar-refractivity contribution in [2.24, 2.45) is 0 Å². The van der Waals surface area contributed by atoms with E-state index in [-0.39, 0.29) is 0 Å². The van der Waals surface area contributed by atoms with Crippen molar-refractivity contribution >= 4 is 0 Å².